The fourth-order valence-corrected chi connectivity index (χ4v) is 5.96. The molecule has 0 saturated carbocycles. The number of hydrogen-bond acceptors (Lipinski definition) is 10. The Morgan fingerprint density at radius 1 is 0.696 bits per heavy atom. The lowest BCUT2D eigenvalue weighted by atomic mass is 9.96. The molecular weight excluding hydrogens is 719 g/mol. The summed E-state index contributed by atoms with van der Waals surface area (Å²) < 4.78 is 31.1. The Morgan fingerprint density at radius 2 is 1.14 bits per heavy atom. The van der Waals surface area contributed by atoms with Crippen LogP contribution in [0.4, 0.5) is 20.7 Å². The van der Waals surface area contributed by atoms with E-state index in [1.807, 2.05) is 13.8 Å². The third-order valence-electron chi connectivity index (χ3n) is 8.80. The molecule has 0 radical (unpaired) electrons. The average Bonchev–Trinajstić information content (AvgIpc) is 3.13. The van der Waals surface area contributed by atoms with Crippen molar-refractivity contribution in [1.82, 2.24) is 29.1 Å². The van der Waals surface area contributed by atoms with E-state index in [0.717, 1.165) is 10.8 Å². The quantitative estimate of drug-likeness (QED) is 0.119. The Morgan fingerprint density at radius 3 is 1.54 bits per heavy atom. The lowest BCUT2D eigenvalue weighted by Crippen LogP contribution is -2.27. The average molecular weight is 767 g/mol. The number of aldehydes is 1. The fraction of sp³-hybridized carbons (Fsp3) is 0.357. The SMILES string of the molecule is C[C@H](Nc1ncc2ccc(=O)n(CC(C)(C)C)c2n1)c1ccc(C=O)c(F)c1.C[C@H](Nc1ncc2ccc(=O)n(CC(C)(C)C)c2n1)c1ccc(CO)c(F)c1. The number of aliphatic hydroxyl groups is 1. The van der Waals surface area contributed by atoms with Gasteiger partial charge in [-0.3, -0.25) is 23.5 Å². The highest BCUT2D eigenvalue weighted by atomic mass is 19.1. The van der Waals surface area contributed by atoms with Gasteiger partial charge in [0.05, 0.1) is 24.3 Å². The largest absolute Gasteiger partial charge is 0.392 e. The lowest BCUT2D eigenvalue weighted by molar-refractivity contribution is 0.111. The third kappa shape index (κ3) is 10.2. The number of carbonyl (C=O) groups is 1. The second kappa shape index (κ2) is 16.9. The Kier molecular flexibility index (Phi) is 12.4. The second-order valence-corrected chi connectivity index (χ2v) is 16.2. The molecule has 0 saturated heterocycles. The van der Waals surface area contributed by atoms with Crippen LogP contribution >= 0.6 is 0 Å². The third-order valence-corrected chi connectivity index (χ3v) is 8.80. The van der Waals surface area contributed by atoms with Gasteiger partial charge in [0.1, 0.15) is 22.9 Å². The van der Waals surface area contributed by atoms with Crippen LogP contribution < -0.4 is 21.8 Å². The van der Waals surface area contributed by atoms with E-state index >= 15 is 0 Å². The van der Waals surface area contributed by atoms with Crippen molar-refractivity contribution in [2.45, 2.75) is 87.2 Å². The van der Waals surface area contributed by atoms with Gasteiger partial charge in [-0.2, -0.15) is 9.97 Å². The van der Waals surface area contributed by atoms with Crippen LogP contribution in [0.3, 0.4) is 0 Å². The van der Waals surface area contributed by atoms with Crippen molar-refractivity contribution in [3.8, 4) is 0 Å². The second-order valence-electron chi connectivity index (χ2n) is 16.2. The number of halogens is 2. The molecule has 0 bridgehead atoms. The molecule has 0 aliphatic heterocycles. The van der Waals surface area contributed by atoms with E-state index in [9.17, 15) is 23.2 Å². The van der Waals surface area contributed by atoms with E-state index in [1.54, 1.807) is 51.9 Å². The Balaban J connectivity index is 0.000000214. The summed E-state index contributed by atoms with van der Waals surface area (Å²) in [5, 5.41) is 16.9. The minimum atomic E-state index is -0.570. The van der Waals surface area contributed by atoms with Crippen molar-refractivity contribution >= 4 is 40.2 Å². The highest BCUT2D eigenvalue weighted by Crippen LogP contribution is 2.24. The van der Waals surface area contributed by atoms with Crippen LogP contribution in [0.5, 0.6) is 0 Å². The monoisotopic (exact) mass is 766 g/mol. The smallest absolute Gasteiger partial charge is 0.252 e. The van der Waals surface area contributed by atoms with Crippen molar-refractivity contribution in [3.05, 3.63) is 128 Å². The molecule has 0 amide bonds. The van der Waals surface area contributed by atoms with E-state index in [2.05, 4.69) is 72.1 Å². The molecular formula is C42H48F2N8O4. The zero-order valence-electron chi connectivity index (χ0n) is 32.9. The first-order chi connectivity index (χ1) is 26.3. The highest BCUT2D eigenvalue weighted by molar-refractivity contribution is 5.76. The van der Waals surface area contributed by atoms with Gasteiger partial charge in [0.25, 0.3) is 11.1 Å². The van der Waals surface area contributed by atoms with Crippen LogP contribution in [0.15, 0.2) is 82.6 Å². The Bertz CT molecular complexity index is 2490. The first-order valence-electron chi connectivity index (χ1n) is 18.3. The van der Waals surface area contributed by atoms with Crippen molar-refractivity contribution < 1.29 is 18.7 Å². The summed E-state index contributed by atoms with van der Waals surface area (Å²) in [6, 6.07) is 15.1. The number of hydrogen-bond donors (Lipinski definition) is 3. The van der Waals surface area contributed by atoms with E-state index in [-0.39, 0.29) is 51.8 Å². The number of aliphatic hydroxyl groups excluding tert-OH is 1. The molecule has 56 heavy (non-hydrogen) atoms. The van der Waals surface area contributed by atoms with Gasteiger partial charge in [-0.25, -0.2) is 18.7 Å². The molecule has 12 nitrogen and oxygen atoms in total. The first-order valence-corrected chi connectivity index (χ1v) is 18.3. The van der Waals surface area contributed by atoms with Crippen molar-refractivity contribution in [2.24, 2.45) is 10.8 Å². The molecule has 294 valence electrons. The van der Waals surface area contributed by atoms with E-state index in [0.29, 0.717) is 53.7 Å². The molecule has 14 heteroatoms. The van der Waals surface area contributed by atoms with Crippen LogP contribution in [0.1, 0.15) is 94.5 Å². The first kappa shape index (κ1) is 41.3. The molecule has 4 heterocycles. The zero-order chi connectivity index (χ0) is 40.9. The Labute approximate surface area is 323 Å². The maximum atomic E-state index is 14.0. The van der Waals surface area contributed by atoms with Gasteiger partial charge in [0.15, 0.2) is 6.29 Å². The van der Waals surface area contributed by atoms with E-state index in [1.165, 1.54) is 30.3 Å². The molecule has 4 aromatic heterocycles. The minimum absolute atomic E-state index is 0.0177. The van der Waals surface area contributed by atoms with Crippen LogP contribution in [0.25, 0.3) is 22.1 Å². The summed E-state index contributed by atoms with van der Waals surface area (Å²) in [5.74, 6) is -0.320. The molecule has 2 atom stereocenters. The molecule has 0 fully saturated rings. The van der Waals surface area contributed by atoms with Crippen LogP contribution in [0, 0.1) is 22.5 Å². The van der Waals surface area contributed by atoms with E-state index < -0.39 is 11.6 Å². The summed E-state index contributed by atoms with van der Waals surface area (Å²) in [7, 11) is 0. The summed E-state index contributed by atoms with van der Waals surface area (Å²) in [4.78, 5) is 53.3. The molecule has 0 aliphatic rings. The molecule has 6 aromatic rings. The van der Waals surface area contributed by atoms with Crippen LogP contribution in [-0.2, 0) is 19.7 Å². The molecule has 2 aromatic carbocycles. The number of nitrogens with zero attached hydrogens (tertiary/aromatic N) is 6. The molecule has 0 aliphatic carbocycles. The van der Waals surface area contributed by atoms with Crippen molar-refractivity contribution in [2.75, 3.05) is 10.6 Å². The van der Waals surface area contributed by atoms with Crippen molar-refractivity contribution in [3.63, 3.8) is 0 Å². The number of aromatic nitrogens is 6. The summed E-state index contributed by atoms with van der Waals surface area (Å²) in [6.07, 6.45) is 3.82. The van der Waals surface area contributed by atoms with Gasteiger partial charge in [0.2, 0.25) is 11.9 Å². The topological polar surface area (TPSA) is 157 Å². The zero-order valence-corrected chi connectivity index (χ0v) is 32.9. The van der Waals surface area contributed by atoms with Gasteiger partial charge in [-0.05, 0) is 66.1 Å². The fourth-order valence-electron chi connectivity index (χ4n) is 5.96. The molecule has 3 N–H and O–H groups in total. The summed E-state index contributed by atoms with van der Waals surface area (Å²) in [6.45, 7) is 16.8. The maximum Gasteiger partial charge on any atom is 0.252 e. The van der Waals surface area contributed by atoms with Gasteiger partial charge >= 0.3 is 0 Å². The number of anilines is 2. The van der Waals surface area contributed by atoms with Crippen LogP contribution in [-0.4, -0.2) is 40.5 Å². The summed E-state index contributed by atoms with van der Waals surface area (Å²) in [5.41, 5.74) is 2.34. The molecule has 0 spiro atoms. The highest BCUT2D eigenvalue weighted by Gasteiger charge is 2.18. The van der Waals surface area contributed by atoms with Gasteiger partial charge in [0, 0.05) is 54.0 Å². The lowest BCUT2D eigenvalue weighted by Gasteiger charge is -2.21. The molecule has 0 unspecified atom stereocenters. The Hall–Kier alpha value is -5.89. The normalized spacial score (nSPS) is 12.8. The number of fused-ring (bicyclic) bond motifs is 2. The van der Waals surface area contributed by atoms with Gasteiger partial charge in [-0.15, -0.1) is 0 Å². The minimum Gasteiger partial charge on any atom is -0.392 e. The van der Waals surface area contributed by atoms with Crippen LogP contribution in [0.2, 0.25) is 0 Å². The van der Waals surface area contributed by atoms with Gasteiger partial charge in [-0.1, -0.05) is 59.7 Å². The number of nitrogens with one attached hydrogen (secondary N) is 2. The number of pyridine rings is 2. The standard InChI is InChI=1S/C21H25FN4O2.C21H23FN4O2/c2*1-13(14-5-6-16(11-27)17(22)9-14)24-20-23-10-15-7-8-18(28)26(19(15)25-20)12-21(2,3)4/h5-10,13,27H,11-12H2,1-4H3,(H,23,24,25);5-11,13H,12H2,1-4H3,(H,23,24,25)/t2*13-/m00/s1. The van der Waals surface area contributed by atoms with Gasteiger partial charge < -0.3 is 15.7 Å². The van der Waals surface area contributed by atoms with E-state index in [4.69, 9.17) is 5.11 Å². The molecule has 6 rings (SSSR count). The number of rotatable bonds is 10. The predicted octanol–water partition coefficient (Wildman–Crippen LogP) is 7.60. The number of benzene rings is 2. The van der Waals surface area contributed by atoms with Crippen molar-refractivity contribution in [1.29, 1.82) is 0 Å². The number of carbonyl (C=O) groups excluding carboxylic acids is 1. The predicted molar refractivity (Wildman–Crippen MR) is 215 cm³/mol. The maximum absolute atomic E-state index is 14.0. The summed E-state index contributed by atoms with van der Waals surface area (Å²) >= 11 is 0.